The van der Waals surface area contributed by atoms with E-state index in [4.69, 9.17) is 16.6 Å². The number of thioether (sulfide) groups is 1. The van der Waals surface area contributed by atoms with Gasteiger partial charge >= 0.3 is 0 Å². The molecule has 1 saturated heterocycles. The highest BCUT2D eigenvalue weighted by Crippen LogP contribution is 2.36. The van der Waals surface area contributed by atoms with E-state index in [2.05, 4.69) is 22.6 Å². The van der Waals surface area contributed by atoms with Gasteiger partial charge in [0.25, 0.3) is 5.91 Å². The van der Waals surface area contributed by atoms with Crippen molar-refractivity contribution in [3.8, 4) is 0 Å². The van der Waals surface area contributed by atoms with E-state index >= 15 is 0 Å². The highest BCUT2D eigenvalue weighted by Gasteiger charge is 2.33. The summed E-state index contributed by atoms with van der Waals surface area (Å²) in [5.74, 6) is 0.542. The Morgan fingerprint density at radius 1 is 1.20 bits per heavy atom. The fourth-order valence-electron chi connectivity index (χ4n) is 1.80. The van der Waals surface area contributed by atoms with Gasteiger partial charge < -0.3 is 4.42 Å². The zero-order chi connectivity index (χ0) is 14.1. The number of anilines is 1. The lowest BCUT2D eigenvalue weighted by molar-refractivity contribution is -0.113. The van der Waals surface area contributed by atoms with E-state index in [0.717, 1.165) is 9.45 Å². The fraction of sp³-hybridized carbons (Fsp3) is 0. The van der Waals surface area contributed by atoms with E-state index in [9.17, 15) is 4.79 Å². The molecule has 0 saturated carbocycles. The Morgan fingerprint density at radius 2 is 1.95 bits per heavy atom. The molecule has 100 valence electrons. The van der Waals surface area contributed by atoms with Gasteiger partial charge in [0, 0.05) is 6.08 Å². The normalized spacial score (nSPS) is 17.2. The van der Waals surface area contributed by atoms with Crippen LogP contribution in [-0.2, 0) is 4.79 Å². The number of rotatable bonds is 2. The third-order valence-corrected chi connectivity index (χ3v) is 4.56. The Morgan fingerprint density at radius 3 is 2.60 bits per heavy atom. The SMILES string of the molecule is O=C1C(=Cc2ccc(I)o2)SC(=S)N1c1ccccc1. The van der Waals surface area contributed by atoms with Crippen molar-refractivity contribution < 1.29 is 9.21 Å². The Labute approximate surface area is 139 Å². The smallest absolute Gasteiger partial charge is 0.270 e. The molecular formula is C14H8INO2S2. The topological polar surface area (TPSA) is 33.5 Å². The van der Waals surface area contributed by atoms with E-state index in [0.29, 0.717) is 15.0 Å². The Kier molecular flexibility index (Phi) is 3.95. The monoisotopic (exact) mass is 413 g/mol. The molecule has 3 rings (SSSR count). The van der Waals surface area contributed by atoms with Gasteiger partial charge in [-0.15, -0.1) is 0 Å². The van der Waals surface area contributed by atoms with Crippen LogP contribution in [0.2, 0.25) is 0 Å². The van der Waals surface area contributed by atoms with Crippen LogP contribution >= 0.6 is 46.6 Å². The molecule has 1 aromatic heterocycles. The van der Waals surface area contributed by atoms with Crippen molar-refractivity contribution in [3.05, 3.63) is 56.9 Å². The fourth-order valence-corrected chi connectivity index (χ4v) is 3.52. The van der Waals surface area contributed by atoms with Gasteiger partial charge in [0.2, 0.25) is 0 Å². The van der Waals surface area contributed by atoms with Crippen molar-refractivity contribution in [2.75, 3.05) is 4.90 Å². The average Bonchev–Trinajstić information content (AvgIpc) is 2.96. The standard InChI is InChI=1S/C14H8INO2S2/c15-12-7-6-10(18-12)8-11-13(17)16(14(19)20-11)9-4-2-1-3-5-9/h1-8H. The highest BCUT2D eigenvalue weighted by atomic mass is 127. The molecular weight excluding hydrogens is 405 g/mol. The number of amides is 1. The van der Waals surface area contributed by atoms with Crippen molar-refractivity contribution in [1.82, 2.24) is 0 Å². The molecule has 0 radical (unpaired) electrons. The summed E-state index contributed by atoms with van der Waals surface area (Å²) in [5.41, 5.74) is 0.785. The van der Waals surface area contributed by atoms with Gasteiger partial charge in [0.05, 0.1) is 10.6 Å². The molecule has 2 aromatic rings. The van der Waals surface area contributed by atoms with Crippen LogP contribution in [0.5, 0.6) is 0 Å². The van der Waals surface area contributed by atoms with Crippen LogP contribution in [0.1, 0.15) is 5.76 Å². The lowest BCUT2D eigenvalue weighted by Crippen LogP contribution is -2.27. The molecule has 1 amide bonds. The molecule has 0 spiro atoms. The van der Waals surface area contributed by atoms with Crippen LogP contribution in [0, 0.1) is 3.77 Å². The molecule has 1 aromatic carbocycles. The molecule has 0 atom stereocenters. The maximum Gasteiger partial charge on any atom is 0.270 e. The van der Waals surface area contributed by atoms with Crippen LogP contribution in [-0.4, -0.2) is 10.2 Å². The van der Waals surface area contributed by atoms with E-state index < -0.39 is 0 Å². The van der Waals surface area contributed by atoms with Crippen LogP contribution < -0.4 is 4.90 Å². The van der Waals surface area contributed by atoms with E-state index in [1.54, 1.807) is 11.0 Å². The number of hydrogen-bond acceptors (Lipinski definition) is 4. The summed E-state index contributed by atoms with van der Waals surface area (Å²) in [6, 6.07) is 13.1. The van der Waals surface area contributed by atoms with E-state index in [1.165, 1.54) is 11.8 Å². The highest BCUT2D eigenvalue weighted by molar-refractivity contribution is 14.1. The van der Waals surface area contributed by atoms with E-state index in [-0.39, 0.29) is 5.91 Å². The third kappa shape index (κ3) is 2.68. The summed E-state index contributed by atoms with van der Waals surface area (Å²) >= 11 is 8.67. The first-order valence-electron chi connectivity index (χ1n) is 5.73. The van der Waals surface area contributed by atoms with Crippen molar-refractivity contribution in [2.24, 2.45) is 0 Å². The largest absolute Gasteiger partial charge is 0.451 e. The molecule has 3 nitrogen and oxygen atoms in total. The molecule has 0 bridgehead atoms. The van der Waals surface area contributed by atoms with Gasteiger partial charge in [0.15, 0.2) is 8.09 Å². The van der Waals surface area contributed by atoms with Gasteiger partial charge in [-0.3, -0.25) is 9.69 Å². The minimum atomic E-state index is -0.113. The number of hydrogen-bond donors (Lipinski definition) is 0. The number of carbonyl (C=O) groups excluding carboxylic acids is 1. The van der Waals surface area contributed by atoms with Gasteiger partial charge in [-0.2, -0.15) is 0 Å². The van der Waals surface area contributed by atoms with Crippen LogP contribution in [0.15, 0.2) is 51.8 Å². The molecule has 0 N–H and O–H groups in total. The average molecular weight is 413 g/mol. The van der Waals surface area contributed by atoms with Crippen LogP contribution in [0.25, 0.3) is 6.08 Å². The summed E-state index contributed by atoms with van der Waals surface area (Å²) in [7, 11) is 0. The molecule has 0 aliphatic carbocycles. The van der Waals surface area contributed by atoms with Crippen molar-refractivity contribution >= 4 is 68.6 Å². The van der Waals surface area contributed by atoms with Gasteiger partial charge in [0.1, 0.15) is 5.76 Å². The number of benzene rings is 1. The maximum absolute atomic E-state index is 12.4. The number of para-hydroxylation sites is 1. The molecule has 20 heavy (non-hydrogen) atoms. The van der Waals surface area contributed by atoms with Gasteiger partial charge in [-0.05, 0) is 46.9 Å². The summed E-state index contributed by atoms with van der Waals surface area (Å²) in [6.07, 6.45) is 1.73. The maximum atomic E-state index is 12.4. The lowest BCUT2D eigenvalue weighted by atomic mass is 10.3. The van der Waals surface area contributed by atoms with Crippen LogP contribution in [0.4, 0.5) is 5.69 Å². The second-order valence-electron chi connectivity index (χ2n) is 3.99. The van der Waals surface area contributed by atoms with Gasteiger partial charge in [-0.1, -0.05) is 42.2 Å². The molecule has 1 aliphatic heterocycles. The number of carbonyl (C=O) groups is 1. The molecule has 2 heterocycles. The zero-order valence-electron chi connectivity index (χ0n) is 10.1. The number of thiocarbonyl (C=S) groups is 1. The minimum Gasteiger partial charge on any atom is -0.451 e. The summed E-state index contributed by atoms with van der Waals surface area (Å²) in [4.78, 5) is 14.5. The van der Waals surface area contributed by atoms with Crippen molar-refractivity contribution in [2.45, 2.75) is 0 Å². The first-order chi connectivity index (χ1) is 9.65. The minimum absolute atomic E-state index is 0.113. The molecule has 1 aliphatic rings. The summed E-state index contributed by atoms with van der Waals surface area (Å²) in [6.45, 7) is 0. The summed E-state index contributed by atoms with van der Waals surface area (Å²) in [5, 5.41) is 0. The first-order valence-corrected chi connectivity index (χ1v) is 8.04. The number of furan rings is 1. The molecule has 6 heteroatoms. The third-order valence-electron chi connectivity index (χ3n) is 2.68. The quantitative estimate of drug-likeness (QED) is 0.418. The Balaban J connectivity index is 1.93. The zero-order valence-corrected chi connectivity index (χ0v) is 13.9. The second-order valence-corrected chi connectivity index (χ2v) is 6.73. The lowest BCUT2D eigenvalue weighted by Gasteiger charge is -2.13. The number of nitrogens with zero attached hydrogens (tertiary/aromatic N) is 1. The summed E-state index contributed by atoms with van der Waals surface area (Å²) < 4.78 is 6.77. The Hall–Kier alpha value is -1.12. The molecule has 0 unspecified atom stereocenters. The van der Waals surface area contributed by atoms with Crippen molar-refractivity contribution in [1.29, 1.82) is 0 Å². The Bertz CT molecular complexity index is 709. The second kappa shape index (κ2) is 5.71. The van der Waals surface area contributed by atoms with Crippen molar-refractivity contribution in [3.63, 3.8) is 0 Å². The predicted octanol–water partition coefficient (Wildman–Crippen LogP) is 4.29. The van der Waals surface area contributed by atoms with Crippen LogP contribution in [0.3, 0.4) is 0 Å². The molecule has 1 fully saturated rings. The predicted molar refractivity (Wildman–Crippen MR) is 93.5 cm³/mol. The number of halogens is 1. The first kappa shape index (κ1) is 13.8. The van der Waals surface area contributed by atoms with Gasteiger partial charge in [-0.25, -0.2) is 0 Å². The van der Waals surface area contributed by atoms with E-state index in [1.807, 2.05) is 42.5 Å².